The van der Waals surface area contributed by atoms with Gasteiger partial charge in [-0.05, 0) is 20.5 Å². The van der Waals surface area contributed by atoms with Gasteiger partial charge in [-0.25, -0.2) is 0 Å². The number of oxime groups is 1. The zero-order chi connectivity index (χ0) is 15.1. The van der Waals surface area contributed by atoms with Gasteiger partial charge >= 0.3 is 0 Å². The van der Waals surface area contributed by atoms with Crippen LogP contribution < -0.4 is 11.1 Å². The average molecular weight is 285 g/mol. The number of carbonyl (C=O) groups excluding carboxylic acids is 1. The quantitative estimate of drug-likeness (QED) is 0.265. The molecule has 0 saturated carbocycles. The van der Waals surface area contributed by atoms with E-state index in [1.807, 2.05) is 6.92 Å². The zero-order valence-corrected chi connectivity index (χ0v) is 12.7. The molecule has 1 aliphatic heterocycles. The monoisotopic (exact) mass is 285 g/mol. The van der Waals surface area contributed by atoms with E-state index in [2.05, 4.69) is 34.4 Å². The van der Waals surface area contributed by atoms with Gasteiger partial charge < -0.3 is 21.2 Å². The number of amidine groups is 1. The highest BCUT2D eigenvalue weighted by Crippen LogP contribution is 2.08. The molecule has 0 aliphatic carbocycles. The maximum Gasteiger partial charge on any atom is 0.230 e. The highest BCUT2D eigenvalue weighted by atomic mass is 16.4. The van der Waals surface area contributed by atoms with E-state index in [4.69, 9.17) is 10.9 Å². The zero-order valence-electron chi connectivity index (χ0n) is 12.7. The number of nitrogens with two attached hydrogens (primary N) is 1. The molecule has 7 heteroatoms. The van der Waals surface area contributed by atoms with E-state index in [0.29, 0.717) is 19.0 Å². The minimum Gasteiger partial charge on any atom is -0.409 e. The molecule has 116 valence electrons. The van der Waals surface area contributed by atoms with Crippen molar-refractivity contribution >= 4 is 11.7 Å². The molecule has 1 amide bonds. The average Bonchev–Trinajstić information content (AvgIpc) is 2.44. The lowest BCUT2D eigenvalue weighted by Gasteiger charge is -2.37. The Kier molecular flexibility index (Phi) is 6.74. The van der Waals surface area contributed by atoms with Gasteiger partial charge in [-0.1, -0.05) is 18.5 Å². The van der Waals surface area contributed by atoms with Crippen LogP contribution in [0.25, 0.3) is 0 Å². The molecular weight excluding hydrogens is 258 g/mol. The summed E-state index contributed by atoms with van der Waals surface area (Å²) < 4.78 is 0. The van der Waals surface area contributed by atoms with Crippen LogP contribution in [0.2, 0.25) is 0 Å². The minimum absolute atomic E-state index is 0.0153. The first-order valence-electron chi connectivity index (χ1n) is 7.13. The van der Waals surface area contributed by atoms with Gasteiger partial charge in [0.15, 0.2) is 5.84 Å². The second-order valence-corrected chi connectivity index (χ2v) is 5.51. The highest BCUT2D eigenvalue weighted by Gasteiger charge is 2.26. The number of piperazine rings is 1. The Bertz CT molecular complexity index is 348. The highest BCUT2D eigenvalue weighted by molar-refractivity contribution is 6.02. The minimum atomic E-state index is -0.545. The number of likely N-dealkylation sites (N-methyl/N-ethyl adjacent to an activating group) is 2. The van der Waals surface area contributed by atoms with Crippen molar-refractivity contribution in [1.82, 2.24) is 15.1 Å². The topological polar surface area (TPSA) is 94.2 Å². The molecule has 1 fully saturated rings. The van der Waals surface area contributed by atoms with Crippen molar-refractivity contribution in [2.45, 2.75) is 25.8 Å². The third-order valence-corrected chi connectivity index (χ3v) is 3.86. The number of amides is 1. The lowest BCUT2D eigenvalue weighted by Crippen LogP contribution is -2.55. The fraction of sp³-hybridized carbons (Fsp3) is 0.846. The number of hydrogen-bond acceptors (Lipinski definition) is 5. The Morgan fingerprint density at radius 1 is 1.50 bits per heavy atom. The van der Waals surface area contributed by atoms with E-state index in [1.165, 1.54) is 0 Å². The molecule has 0 bridgehead atoms. The van der Waals surface area contributed by atoms with Crippen molar-refractivity contribution in [2.75, 3.05) is 40.3 Å². The van der Waals surface area contributed by atoms with Crippen LogP contribution >= 0.6 is 0 Å². The van der Waals surface area contributed by atoms with Crippen molar-refractivity contribution in [1.29, 1.82) is 0 Å². The Morgan fingerprint density at radius 2 is 2.20 bits per heavy atom. The number of rotatable bonds is 6. The van der Waals surface area contributed by atoms with Crippen LogP contribution in [0.3, 0.4) is 0 Å². The van der Waals surface area contributed by atoms with Gasteiger partial charge in [0.25, 0.3) is 0 Å². The summed E-state index contributed by atoms with van der Waals surface area (Å²) in [6.07, 6.45) is 1.39. The van der Waals surface area contributed by atoms with Crippen molar-refractivity contribution in [3.05, 3.63) is 0 Å². The maximum absolute atomic E-state index is 12.1. The molecular formula is C13H27N5O2. The van der Waals surface area contributed by atoms with Gasteiger partial charge in [-0.2, -0.15) is 0 Å². The Labute approximate surface area is 120 Å². The number of nitrogens with zero attached hydrogens (tertiary/aromatic N) is 3. The van der Waals surface area contributed by atoms with Crippen molar-refractivity contribution < 1.29 is 10.0 Å². The number of nitrogens with one attached hydrogen (secondary N) is 1. The second kappa shape index (κ2) is 8.06. The molecule has 20 heavy (non-hydrogen) atoms. The molecule has 0 aromatic rings. The molecule has 7 nitrogen and oxygen atoms in total. The predicted octanol–water partition coefficient (Wildman–Crippen LogP) is -0.489. The smallest absolute Gasteiger partial charge is 0.230 e. The lowest BCUT2D eigenvalue weighted by atomic mass is 10.0. The van der Waals surface area contributed by atoms with E-state index in [1.54, 1.807) is 0 Å². The van der Waals surface area contributed by atoms with Crippen LogP contribution in [0.5, 0.6) is 0 Å². The SMILES string of the molecule is CCCC(C(=O)NCC1CN(C)CCN1C)C(N)=NO. The first-order chi connectivity index (χ1) is 9.49. The molecule has 2 unspecified atom stereocenters. The second-order valence-electron chi connectivity index (χ2n) is 5.51. The third-order valence-electron chi connectivity index (χ3n) is 3.86. The standard InChI is InChI=1S/C13H27N5O2/c1-4-5-11(12(14)16-20)13(19)15-8-10-9-17(2)6-7-18(10)3/h10-11,20H,4-9H2,1-3H3,(H2,14,16)(H,15,19). The van der Waals surface area contributed by atoms with Gasteiger partial charge in [0.05, 0.1) is 5.92 Å². The summed E-state index contributed by atoms with van der Waals surface area (Å²) in [5.41, 5.74) is 5.58. The summed E-state index contributed by atoms with van der Waals surface area (Å²) in [5, 5.41) is 14.6. The molecule has 1 rings (SSSR count). The van der Waals surface area contributed by atoms with Gasteiger partial charge in [0, 0.05) is 32.2 Å². The van der Waals surface area contributed by atoms with Crippen molar-refractivity contribution in [3.8, 4) is 0 Å². The summed E-state index contributed by atoms with van der Waals surface area (Å²) in [7, 11) is 4.15. The first kappa shape index (κ1) is 16.7. The summed E-state index contributed by atoms with van der Waals surface area (Å²) in [6.45, 7) is 5.52. The fourth-order valence-electron chi connectivity index (χ4n) is 2.44. The fourth-order valence-corrected chi connectivity index (χ4v) is 2.44. The number of carbonyl (C=O) groups is 1. The summed E-state index contributed by atoms with van der Waals surface area (Å²) >= 11 is 0. The molecule has 4 N–H and O–H groups in total. The van der Waals surface area contributed by atoms with Gasteiger partial charge in [-0.15, -0.1) is 0 Å². The molecule has 1 heterocycles. The molecule has 0 aromatic carbocycles. The molecule has 1 saturated heterocycles. The normalized spacial score (nSPS) is 23.6. The largest absolute Gasteiger partial charge is 0.409 e. The molecule has 0 spiro atoms. The van der Waals surface area contributed by atoms with Crippen LogP contribution in [0.15, 0.2) is 5.16 Å². The van der Waals surface area contributed by atoms with E-state index < -0.39 is 5.92 Å². The third kappa shape index (κ3) is 4.64. The molecule has 0 radical (unpaired) electrons. The van der Waals surface area contributed by atoms with E-state index in [9.17, 15) is 4.79 Å². The first-order valence-corrected chi connectivity index (χ1v) is 7.13. The number of hydrogen-bond donors (Lipinski definition) is 3. The molecule has 1 aliphatic rings. The molecule has 0 aromatic heterocycles. The van der Waals surface area contributed by atoms with Gasteiger partial charge in [0.2, 0.25) is 5.91 Å². The maximum atomic E-state index is 12.1. The summed E-state index contributed by atoms with van der Waals surface area (Å²) in [4.78, 5) is 16.7. The Hall–Kier alpha value is -1.34. The lowest BCUT2D eigenvalue weighted by molar-refractivity contribution is -0.123. The van der Waals surface area contributed by atoms with Crippen molar-refractivity contribution in [3.63, 3.8) is 0 Å². The predicted molar refractivity (Wildman–Crippen MR) is 78.7 cm³/mol. The summed E-state index contributed by atoms with van der Waals surface area (Å²) in [5.74, 6) is -0.723. The van der Waals surface area contributed by atoms with E-state index >= 15 is 0 Å². The summed E-state index contributed by atoms with van der Waals surface area (Å²) in [6, 6.07) is 0.298. The van der Waals surface area contributed by atoms with Gasteiger partial charge in [0.1, 0.15) is 0 Å². The van der Waals surface area contributed by atoms with Crippen LogP contribution in [-0.4, -0.2) is 73.1 Å². The van der Waals surface area contributed by atoms with Crippen LogP contribution in [0.4, 0.5) is 0 Å². The Morgan fingerprint density at radius 3 is 2.80 bits per heavy atom. The van der Waals surface area contributed by atoms with E-state index in [-0.39, 0.29) is 11.7 Å². The van der Waals surface area contributed by atoms with Crippen LogP contribution in [-0.2, 0) is 4.79 Å². The van der Waals surface area contributed by atoms with Crippen LogP contribution in [0, 0.1) is 5.92 Å². The molecule has 2 atom stereocenters. The van der Waals surface area contributed by atoms with E-state index in [0.717, 1.165) is 26.1 Å². The Balaban J connectivity index is 2.51. The van der Waals surface area contributed by atoms with Crippen molar-refractivity contribution in [2.24, 2.45) is 16.8 Å². The van der Waals surface area contributed by atoms with Crippen LogP contribution in [0.1, 0.15) is 19.8 Å². The van der Waals surface area contributed by atoms with Gasteiger partial charge in [-0.3, -0.25) is 9.69 Å².